The van der Waals surface area contributed by atoms with E-state index in [1.807, 2.05) is 56.3 Å². The summed E-state index contributed by atoms with van der Waals surface area (Å²) in [6, 6.07) is 13.5. The fourth-order valence-corrected chi connectivity index (χ4v) is 2.85. The zero-order valence-electron chi connectivity index (χ0n) is 12.7. The Labute approximate surface area is 135 Å². The molecule has 0 N–H and O–H groups in total. The second-order valence-electron chi connectivity index (χ2n) is 5.50. The minimum absolute atomic E-state index is 0.0134. The Morgan fingerprint density at radius 1 is 1.23 bits per heavy atom. The molecule has 1 unspecified atom stereocenters. The maximum Gasteiger partial charge on any atom is 0.268 e. The summed E-state index contributed by atoms with van der Waals surface area (Å²) in [6.45, 7) is 4.41. The normalized spacial score (nSPS) is 17.1. The van der Waals surface area contributed by atoms with E-state index >= 15 is 0 Å². The monoisotopic (exact) mass is 315 g/mol. The van der Waals surface area contributed by atoms with Gasteiger partial charge in [-0.3, -0.25) is 4.79 Å². The van der Waals surface area contributed by atoms with Crippen LogP contribution < -0.4 is 9.64 Å². The summed E-state index contributed by atoms with van der Waals surface area (Å²) < 4.78 is 5.82. The Balaban J connectivity index is 2.03. The van der Waals surface area contributed by atoms with Crippen molar-refractivity contribution in [2.75, 3.05) is 4.90 Å². The molecule has 0 fully saturated rings. The summed E-state index contributed by atoms with van der Waals surface area (Å²) in [5.41, 5.74) is 2.84. The maximum atomic E-state index is 12.7. The van der Waals surface area contributed by atoms with Crippen molar-refractivity contribution >= 4 is 23.2 Å². The van der Waals surface area contributed by atoms with E-state index in [0.29, 0.717) is 18.0 Å². The van der Waals surface area contributed by atoms with Gasteiger partial charge in [0.05, 0.1) is 12.2 Å². The number of carbonyl (C=O) groups is 1. The van der Waals surface area contributed by atoms with Gasteiger partial charge in [0, 0.05) is 5.02 Å². The van der Waals surface area contributed by atoms with E-state index < -0.39 is 6.10 Å². The van der Waals surface area contributed by atoms with Gasteiger partial charge in [-0.2, -0.15) is 0 Å². The van der Waals surface area contributed by atoms with Gasteiger partial charge in [0.1, 0.15) is 5.75 Å². The number of anilines is 1. The minimum atomic E-state index is -0.433. The average Bonchev–Trinajstić information content (AvgIpc) is 2.52. The number of benzene rings is 2. The van der Waals surface area contributed by atoms with Crippen LogP contribution in [-0.2, 0) is 11.3 Å². The molecule has 0 aromatic heterocycles. The van der Waals surface area contributed by atoms with Crippen molar-refractivity contribution in [2.45, 2.75) is 32.9 Å². The lowest BCUT2D eigenvalue weighted by Gasteiger charge is -2.34. The molecule has 1 amide bonds. The molecule has 114 valence electrons. The van der Waals surface area contributed by atoms with Gasteiger partial charge in [0.15, 0.2) is 6.10 Å². The van der Waals surface area contributed by atoms with Gasteiger partial charge >= 0.3 is 0 Å². The molecule has 3 nitrogen and oxygen atoms in total. The first-order valence-corrected chi connectivity index (χ1v) is 7.80. The molecule has 2 aromatic carbocycles. The fraction of sp³-hybridized carbons (Fsp3) is 0.278. The molecule has 0 radical (unpaired) electrons. The van der Waals surface area contributed by atoms with Crippen molar-refractivity contribution in [2.24, 2.45) is 0 Å². The number of nitrogens with zero attached hydrogens (tertiary/aromatic N) is 1. The van der Waals surface area contributed by atoms with Gasteiger partial charge in [0.2, 0.25) is 0 Å². The van der Waals surface area contributed by atoms with Crippen LogP contribution in [0.15, 0.2) is 42.5 Å². The molecule has 22 heavy (non-hydrogen) atoms. The van der Waals surface area contributed by atoms with Crippen LogP contribution in [0, 0.1) is 6.92 Å². The number of hydrogen-bond donors (Lipinski definition) is 0. The lowest BCUT2D eigenvalue weighted by atomic mass is 10.1. The summed E-state index contributed by atoms with van der Waals surface area (Å²) in [7, 11) is 0. The van der Waals surface area contributed by atoms with Crippen molar-refractivity contribution in [3.05, 3.63) is 58.6 Å². The van der Waals surface area contributed by atoms with Crippen LogP contribution in [0.3, 0.4) is 0 Å². The van der Waals surface area contributed by atoms with Crippen LogP contribution >= 0.6 is 11.6 Å². The molecule has 3 rings (SSSR count). The zero-order valence-corrected chi connectivity index (χ0v) is 13.4. The lowest BCUT2D eigenvalue weighted by molar-refractivity contribution is -0.126. The van der Waals surface area contributed by atoms with Gasteiger partial charge in [0.25, 0.3) is 5.91 Å². The number of halogens is 1. The van der Waals surface area contributed by atoms with Gasteiger partial charge in [-0.15, -0.1) is 0 Å². The Bertz CT molecular complexity index is 714. The van der Waals surface area contributed by atoms with E-state index in [1.165, 1.54) is 0 Å². The van der Waals surface area contributed by atoms with Gasteiger partial charge in [-0.1, -0.05) is 42.8 Å². The first-order chi connectivity index (χ1) is 10.6. The van der Waals surface area contributed by atoms with Crippen molar-refractivity contribution < 1.29 is 9.53 Å². The third-order valence-corrected chi connectivity index (χ3v) is 4.24. The lowest BCUT2D eigenvalue weighted by Crippen LogP contribution is -2.45. The molecular weight excluding hydrogens is 298 g/mol. The van der Waals surface area contributed by atoms with Crippen molar-refractivity contribution in [3.63, 3.8) is 0 Å². The van der Waals surface area contributed by atoms with Crippen molar-refractivity contribution in [1.29, 1.82) is 0 Å². The number of carbonyl (C=O) groups excluding carboxylic acids is 1. The molecule has 0 saturated carbocycles. The van der Waals surface area contributed by atoms with E-state index in [0.717, 1.165) is 22.6 Å². The SMILES string of the molecule is CCC1Oc2ccc(C)cc2N(Cc2ccccc2Cl)C1=O. The first-order valence-electron chi connectivity index (χ1n) is 7.42. The summed E-state index contributed by atoms with van der Waals surface area (Å²) in [4.78, 5) is 14.5. The molecule has 0 aliphatic carbocycles. The smallest absolute Gasteiger partial charge is 0.268 e. The van der Waals surface area contributed by atoms with Gasteiger partial charge in [-0.25, -0.2) is 0 Å². The molecule has 4 heteroatoms. The highest BCUT2D eigenvalue weighted by atomic mass is 35.5. The van der Waals surface area contributed by atoms with E-state index in [9.17, 15) is 4.79 Å². The molecule has 0 spiro atoms. The molecule has 1 atom stereocenters. The maximum absolute atomic E-state index is 12.7. The highest BCUT2D eigenvalue weighted by Gasteiger charge is 2.33. The third-order valence-electron chi connectivity index (χ3n) is 3.87. The predicted octanol–water partition coefficient (Wildman–Crippen LogP) is 4.35. The molecule has 0 saturated heterocycles. The van der Waals surface area contributed by atoms with E-state index in [4.69, 9.17) is 16.3 Å². The zero-order chi connectivity index (χ0) is 15.7. The first kappa shape index (κ1) is 14.9. The summed E-state index contributed by atoms with van der Waals surface area (Å²) in [6.07, 6.45) is 0.211. The summed E-state index contributed by atoms with van der Waals surface area (Å²) in [5.74, 6) is 0.740. The molecule has 2 aromatic rings. The van der Waals surface area contributed by atoms with Gasteiger partial charge < -0.3 is 9.64 Å². The van der Waals surface area contributed by atoms with Gasteiger partial charge in [-0.05, 0) is 42.7 Å². The number of amides is 1. The second-order valence-corrected chi connectivity index (χ2v) is 5.91. The van der Waals surface area contributed by atoms with Crippen LogP contribution in [0.2, 0.25) is 5.02 Å². The fourth-order valence-electron chi connectivity index (χ4n) is 2.65. The quantitative estimate of drug-likeness (QED) is 0.842. The molecule has 0 bridgehead atoms. The van der Waals surface area contributed by atoms with E-state index in [-0.39, 0.29) is 5.91 Å². The van der Waals surface area contributed by atoms with E-state index in [2.05, 4.69) is 0 Å². The number of fused-ring (bicyclic) bond motifs is 1. The summed E-state index contributed by atoms with van der Waals surface area (Å²) in [5, 5.41) is 0.670. The van der Waals surface area contributed by atoms with Crippen molar-refractivity contribution in [1.82, 2.24) is 0 Å². The molecule has 1 aliphatic heterocycles. The Morgan fingerprint density at radius 2 is 2.00 bits per heavy atom. The Morgan fingerprint density at radius 3 is 2.73 bits per heavy atom. The Kier molecular flexibility index (Phi) is 4.08. The predicted molar refractivity (Wildman–Crippen MR) is 88.5 cm³/mol. The highest BCUT2D eigenvalue weighted by Crippen LogP contribution is 2.37. The topological polar surface area (TPSA) is 29.5 Å². The van der Waals surface area contributed by atoms with Crippen molar-refractivity contribution in [3.8, 4) is 5.75 Å². The average molecular weight is 316 g/mol. The molecule has 1 aliphatic rings. The molecular formula is C18H18ClNO2. The highest BCUT2D eigenvalue weighted by molar-refractivity contribution is 6.31. The number of aryl methyl sites for hydroxylation is 1. The third kappa shape index (κ3) is 2.69. The summed E-state index contributed by atoms with van der Waals surface area (Å²) >= 11 is 6.25. The number of hydrogen-bond acceptors (Lipinski definition) is 2. The van der Waals surface area contributed by atoms with Crippen LogP contribution in [-0.4, -0.2) is 12.0 Å². The Hall–Kier alpha value is -2.00. The largest absolute Gasteiger partial charge is 0.478 e. The number of rotatable bonds is 3. The molecule has 1 heterocycles. The number of ether oxygens (including phenoxy) is 1. The second kappa shape index (κ2) is 6.01. The van der Waals surface area contributed by atoms with Crippen LogP contribution in [0.1, 0.15) is 24.5 Å². The van der Waals surface area contributed by atoms with E-state index in [1.54, 1.807) is 4.90 Å². The van der Waals surface area contributed by atoms with Crippen LogP contribution in [0.25, 0.3) is 0 Å². The van der Waals surface area contributed by atoms with Crippen LogP contribution in [0.5, 0.6) is 5.75 Å². The minimum Gasteiger partial charge on any atom is -0.478 e. The van der Waals surface area contributed by atoms with Crippen LogP contribution in [0.4, 0.5) is 5.69 Å². The standard InChI is InChI=1S/C18H18ClNO2/c1-3-16-18(21)20(11-13-6-4-5-7-14(13)19)15-10-12(2)8-9-17(15)22-16/h4-10,16H,3,11H2,1-2H3.